The van der Waals surface area contributed by atoms with Gasteiger partial charge in [0.05, 0.1) is 7.11 Å². The Kier molecular flexibility index (Phi) is 4.73. The van der Waals surface area contributed by atoms with E-state index in [4.69, 9.17) is 9.84 Å². The lowest BCUT2D eigenvalue weighted by Crippen LogP contribution is -2.38. The molecule has 0 saturated heterocycles. The van der Waals surface area contributed by atoms with Crippen LogP contribution >= 0.6 is 0 Å². The van der Waals surface area contributed by atoms with Crippen LogP contribution in [0.25, 0.3) is 0 Å². The standard InChI is InChI=1S/C14H21NO3/c1-10-7-11(5-6-12(10)18-4)14(2,3)9-15-13(17)8-16/h5-7,16H,8-9H2,1-4H3,(H,15,17). The molecule has 4 heteroatoms. The van der Waals surface area contributed by atoms with E-state index in [1.807, 2.05) is 32.9 Å². The molecule has 2 N–H and O–H groups in total. The quantitative estimate of drug-likeness (QED) is 0.831. The molecule has 1 amide bonds. The van der Waals surface area contributed by atoms with Crippen molar-refractivity contribution in [1.82, 2.24) is 5.32 Å². The zero-order valence-electron chi connectivity index (χ0n) is 11.4. The van der Waals surface area contributed by atoms with Gasteiger partial charge in [-0.1, -0.05) is 26.0 Å². The van der Waals surface area contributed by atoms with Crippen LogP contribution in [0.3, 0.4) is 0 Å². The van der Waals surface area contributed by atoms with Gasteiger partial charge in [-0.25, -0.2) is 0 Å². The zero-order chi connectivity index (χ0) is 13.8. The highest BCUT2D eigenvalue weighted by Crippen LogP contribution is 2.27. The molecule has 0 aliphatic rings. The van der Waals surface area contributed by atoms with E-state index >= 15 is 0 Å². The largest absolute Gasteiger partial charge is 0.496 e. The second-order valence-corrected chi connectivity index (χ2v) is 5.00. The van der Waals surface area contributed by atoms with Crippen LogP contribution in [0.1, 0.15) is 25.0 Å². The number of hydrogen-bond donors (Lipinski definition) is 2. The number of hydrogen-bond acceptors (Lipinski definition) is 3. The van der Waals surface area contributed by atoms with Gasteiger partial charge in [-0.05, 0) is 24.1 Å². The minimum absolute atomic E-state index is 0.193. The van der Waals surface area contributed by atoms with E-state index in [-0.39, 0.29) is 11.3 Å². The predicted molar refractivity (Wildman–Crippen MR) is 70.9 cm³/mol. The Labute approximate surface area is 108 Å². The normalized spacial score (nSPS) is 11.2. The van der Waals surface area contributed by atoms with Gasteiger partial charge in [-0.2, -0.15) is 0 Å². The number of carbonyl (C=O) groups excluding carboxylic acids is 1. The van der Waals surface area contributed by atoms with E-state index < -0.39 is 6.61 Å². The van der Waals surface area contributed by atoms with E-state index in [9.17, 15) is 4.79 Å². The lowest BCUT2D eigenvalue weighted by atomic mass is 9.83. The summed E-state index contributed by atoms with van der Waals surface area (Å²) in [6, 6.07) is 5.99. The maximum Gasteiger partial charge on any atom is 0.245 e. The third-order valence-electron chi connectivity index (χ3n) is 3.05. The van der Waals surface area contributed by atoms with Crippen molar-refractivity contribution in [1.29, 1.82) is 0 Å². The maximum absolute atomic E-state index is 11.1. The van der Waals surface area contributed by atoms with Crippen LogP contribution in [0.5, 0.6) is 5.75 Å². The Hall–Kier alpha value is -1.55. The van der Waals surface area contributed by atoms with Crippen LogP contribution in [0, 0.1) is 6.92 Å². The highest BCUT2D eigenvalue weighted by molar-refractivity contribution is 5.76. The van der Waals surface area contributed by atoms with Gasteiger partial charge < -0.3 is 15.2 Å². The Morgan fingerprint density at radius 3 is 2.61 bits per heavy atom. The number of carbonyl (C=O) groups is 1. The summed E-state index contributed by atoms with van der Waals surface area (Å²) >= 11 is 0. The molecule has 18 heavy (non-hydrogen) atoms. The molecule has 0 atom stereocenters. The smallest absolute Gasteiger partial charge is 0.245 e. The average molecular weight is 251 g/mol. The molecule has 100 valence electrons. The highest BCUT2D eigenvalue weighted by Gasteiger charge is 2.22. The van der Waals surface area contributed by atoms with Crippen LogP contribution in [0.2, 0.25) is 0 Å². The molecule has 0 saturated carbocycles. The molecule has 1 aromatic carbocycles. The monoisotopic (exact) mass is 251 g/mol. The summed E-state index contributed by atoms with van der Waals surface area (Å²) in [5, 5.41) is 11.4. The number of rotatable bonds is 5. The van der Waals surface area contributed by atoms with Crippen LogP contribution < -0.4 is 10.1 Å². The number of amides is 1. The number of nitrogens with one attached hydrogen (secondary N) is 1. The first-order chi connectivity index (χ1) is 8.40. The fraction of sp³-hybridized carbons (Fsp3) is 0.500. The fourth-order valence-electron chi connectivity index (χ4n) is 1.78. The minimum Gasteiger partial charge on any atom is -0.496 e. The van der Waals surface area contributed by atoms with Crippen LogP contribution in [0.4, 0.5) is 0 Å². The second-order valence-electron chi connectivity index (χ2n) is 5.00. The summed E-state index contributed by atoms with van der Waals surface area (Å²) in [6.07, 6.45) is 0. The van der Waals surface area contributed by atoms with E-state index in [1.165, 1.54) is 0 Å². The molecule has 0 unspecified atom stereocenters. The second kappa shape index (κ2) is 5.87. The molecule has 0 fully saturated rings. The Balaban J connectivity index is 2.84. The van der Waals surface area contributed by atoms with Crippen molar-refractivity contribution in [2.24, 2.45) is 0 Å². The molecule has 0 aliphatic heterocycles. The first kappa shape index (κ1) is 14.5. The molecule has 1 rings (SSSR count). The molecule has 0 radical (unpaired) electrons. The van der Waals surface area contributed by atoms with Crippen molar-refractivity contribution in [3.63, 3.8) is 0 Å². The number of ether oxygens (including phenoxy) is 1. The summed E-state index contributed by atoms with van der Waals surface area (Å²) in [5.41, 5.74) is 2.00. The fourth-order valence-corrected chi connectivity index (χ4v) is 1.78. The lowest BCUT2D eigenvalue weighted by Gasteiger charge is -2.26. The number of benzene rings is 1. The number of methoxy groups -OCH3 is 1. The van der Waals surface area contributed by atoms with Gasteiger partial charge in [0.15, 0.2) is 0 Å². The molecular weight excluding hydrogens is 230 g/mol. The van der Waals surface area contributed by atoms with Gasteiger partial charge in [0.2, 0.25) is 5.91 Å². The van der Waals surface area contributed by atoms with Crippen molar-refractivity contribution >= 4 is 5.91 Å². The number of aryl methyl sites for hydroxylation is 1. The van der Waals surface area contributed by atoms with E-state index in [2.05, 4.69) is 11.4 Å². The predicted octanol–water partition coefficient (Wildman–Crippen LogP) is 1.39. The van der Waals surface area contributed by atoms with Crippen LogP contribution in [0.15, 0.2) is 18.2 Å². The molecule has 0 bridgehead atoms. The van der Waals surface area contributed by atoms with E-state index in [1.54, 1.807) is 7.11 Å². The maximum atomic E-state index is 11.1. The van der Waals surface area contributed by atoms with Crippen molar-refractivity contribution in [3.8, 4) is 5.75 Å². The third kappa shape index (κ3) is 3.47. The SMILES string of the molecule is COc1ccc(C(C)(C)CNC(=O)CO)cc1C. The third-order valence-corrected chi connectivity index (χ3v) is 3.05. The van der Waals surface area contributed by atoms with Crippen molar-refractivity contribution in [2.75, 3.05) is 20.3 Å². The molecule has 0 aromatic heterocycles. The molecule has 1 aromatic rings. The average Bonchev–Trinajstić information content (AvgIpc) is 2.35. The molecule has 4 nitrogen and oxygen atoms in total. The molecule has 0 aliphatic carbocycles. The van der Waals surface area contributed by atoms with Crippen LogP contribution in [-0.4, -0.2) is 31.3 Å². The summed E-state index contributed by atoms with van der Waals surface area (Å²) in [5.74, 6) is 0.502. The summed E-state index contributed by atoms with van der Waals surface area (Å²) in [6.45, 7) is 6.10. The van der Waals surface area contributed by atoms with Gasteiger partial charge in [0, 0.05) is 12.0 Å². The first-order valence-corrected chi connectivity index (χ1v) is 5.93. The van der Waals surface area contributed by atoms with E-state index in [0.717, 1.165) is 16.9 Å². The van der Waals surface area contributed by atoms with Gasteiger partial charge >= 0.3 is 0 Å². The summed E-state index contributed by atoms with van der Waals surface area (Å²) < 4.78 is 5.23. The van der Waals surface area contributed by atoms with Gasteiger partial charge in [0.1, 0.15) is 12.4 Å². The van der Waals surface area contributed by atoms with E-state index in [0.29, 0.717) is 6.54 Å². The number of aliphatic hydroxyl groups is 1. The van der Waals surface area contributed by atoms with Crippen molar-refractivity contribution in [3.05, 3.63) is 29.3 Å². The minimum atomic E-state index is -0.474. The van der Waals surface area contributed by atoms with Crippen LogP contribution in [-0.2, 0) is 10.2 Å². The van der Waals surface area contributed by atoms with Gasteiger partial charge in [-0.3, -0.25) is 4.79 Å². The molecular formula is C14H21NO3. The van der Waals surface area contributed by atoms with Gasteiger partial charge in [0.25, 0.3) is 0 Å². The summed E-state index contributed by atoms with van der Waals surface area (Å²) in [4.78, 5) is 11.1. The Bertz CT molecular complexity index is 427. The first-order valence-electron chi connectivity index (χ1n) is 5.93. The van der Waals surface area contributed by atoms with Crippen molar-refractivity contribution in [2.45, 2.75) is 26.2 Å². The highest BCUT2D eigenvalue weighted by atomic mass is 16.5. The lowest BCUT2D eigenvalue weighted by molar-refractivity contribution is -0.124. The topological polar surface area (TPSA) is 58.6 Å². The Morgan fingerprint density at radius 1 is 1.44 bits per heavy atom. The van der Waals surface area contributed by atoms with Crippen molar-refractivity contribution < 1.29 is 14.6 Å². The Morgan fingerprint density at radius 2 is 2.11 bits per heavy atom. The molecule has 0 spiro atoms. The van der Waals surface area contributed by atoms with Gasteiger partial charge in [-0.15, -0.1) is 0 Å². The zero-order valence-corrected chi connectivity index (χ0v) is 11.4. The molecule has 0 heterocycles. The summed E-state index contributed by atoms with van der Waals surface area (Å²) in [7, 11) is 1.65. The number of aliphatic hydroxyl groups excluding tert-OH is 1.